The summed E-state index contributed by atoms with van der Waals surface area (Å²) in [5.41, 5.74) is 4.37. The van der Waals surface area contributed by atoms with Gasteiger partial charge in [-0.1, -0.05) is 6.07 Å². The van der Waals surface area contributed by atoms with Crippen molar-refractivity contribution in [2.24, 2.45) is 0 Å². The first kappa shape index (κ1) is 17.1. The maximum Gasteiger partial charge on any atom is 0.256 e. The molecule has 0 bridgehead atoms. The zero-order chi connectivity index (χ0) is 18.8. The molecule has 1 aromatic carbocycles. The summed E-state index contributed by atoms with van der Waals surface area (Å²) in [4.78, 5) is 27.3. The van der Waals surface area contributed by atoms with E-state index in [4.69, 9.17) is 4.74 Å². The van der Waals surface area contributed by atoms with Crippen LogP contribution in [0.25, 0.3) is 11.1 Å². The normalized spacial score (nSPS) is 16.2. The second-order valence-electron chi connectivity index (χ2n) is 6.73. The molecule has 0 radical (unpaired) electrons. The van der Waals surface area contributed by atoms with E-state index in [1.807, 2.05) is 49.1 Å². The molecular weight excluding hydrogens is 340 g/mol. The van der Waals surface area contributed by atoms with Crippen molar-refractivity contribution in [3.05, 3.63) is 72.1 Å². The van der Waals surface area contributed by atoms with Gasteiger partial charge < -0.3 is 9.64 Å². The number of aryl methyl sites for hydroxylation is 1. The molecule has 4 rings (SSSR count). The van der Waals surface area contributed by atoms with Crippen LogP contribution in [0.5, 0.6) is 5.75 Å². The van der Waals surface area contributed by atoms with Crippen LogP contribution in [-0.2, 0) is 6.54 Å². The van der Waals surface area contributed by atoms with Crippen LogP contribution in [0.15, 0.2) is 55.2 Å². The van der Waals surface area contributed by atoms with Crippen molar-refractivity contribution in [1.29, 1.82) is 0 Å². The van der Waals surface area contributed by atoms with E-state index < -0.39 is 0 Å². The fourth-order valence-electron chi connectivity index (χ4n) is 3.14. The number of aromatic nitrogens is 3. The highest BCUT2D eigenvalue weighted by Crippen LogP contribution is 2.30. The summed E-state index contributed by atoms with van der Waals surface area (Å²) in [7, 11) is 0. The highest BCUT2D eigenvalue weighted by Gasteiger charge is 2.27. The molecule has 0 fully saturated rings. The third-order valence-electron chi connectivity index (χ3n) is 4.73. The zero-order valence-corrected chi connectivity index (χ0v) is 15.3. The molecule has 3 aromatic rings. The van der Waals surface area contributed by atoms with Crippen LogP contribution in [0.2, 0.25) is 0 Å². The lowest BCUT2D eigenvalue weighted by molar-refractivity contribution is 0.0645. The third kappa shape index (κ3) is 3.51. The predicted octanol–water partition coefficient (Wildman–Crippen LogP) is 3.27. The molecule has 1 aliphatic heterocycles. The minimum absolute atomic E-state index is 0.0418. The highest BCUT2D eigenvalue weighted by molar-refractivity contribution is 5.94. The van der Waals surface area contributed by atoms with Gasteiger partial charge in [0.2, 0.25) is 0 Å². The second-order valence-corrected chi connectivity index (χ2v) is 6.73. The van der Waals surface area contributed by atoms with Crippen LogP contribution in [-0.4, -0.2) is 38.4 Å². The average molecular weight is 360 g/mol. The molecule has 27 heavy (non-hydrogen) atoms. The maximum atomic E-state index is 13.0. The van der Waals surface area contributed by atoms with E-state index in [-0.39, 0.29) is 11.9 Å². The average Bonchev–Trinajstić information content (AvgIpc) is 2.87. The van der Waals surface area contributed by atoms with Gasteiger partial charge in [0.05, 0.1) is 18.2 Å². The molecule has 6 nitrogen and oxygen atoms in total. The molecule has 0 spiro atoms. The summed E-state index contributed by atoms with van der Waals surface area (Å²) >= 11 is 0. The lowest BCUT2D eigenvalue weighted by atomic mass is 10.0. The van der Waals surface area contributed by atoms with E-state index in [1.54, 1.807) is 18.6 Å². The number of ether oxygens (including phenoxy) is 1. The maximum absolute atomic E-state index is 13.0. The molecule has 1 aliphatic rings. The van der Waals surface area contributed by atoms with Gasteiger partial charge in [0, 0.05) is 35.4 Å². The topological polar surface area (TPSA) is 68.2 Å². The van der Waals surface area contributed by atoms with Crippen molar-refractivity contribution in [3.8, 4) is 16.9 Å². The van der Waals surface area contributed by atoms with Gasteiger partial charge in [-0.3, -0.25) is 9.78 Å². The Hall–Kier alpha value is -3.28. The summed E-state index contributed by atoms with van der Waals surface area (Å²) in [5.74, 6) is 0.764. The number of hydrogen-bond acceptors (Lipinski definition) is 5. The Morgan fingerprint density at radius 2 is 1.93 bits per heavy atom. The Balaban J connectivity index is 1.67. The van der Waals surface area contributed by atoms with Crippen molar-refractivity contribution in [2.75, 3.05) is 6.61 Å². The first-order valence-electron chi connectivity index (χ1n) is 8.86. The first-order chi connectivity index (χ1) is 13.1. The monoisotopic (exact) mass is 360 g/mol. The van der Waals surface area contributed by atoms with Crippen LogP contribution in [0.3, 0.4) is 0 Å². The van der Waals surface area contributed by atoms with Gasteiger partial charge in [-0.25, -0.2) is 9.97 Å². The van der Waals surface area contributed by atoms with E-state index in [0.717, 1.165) is 28.1 Å². The standard InChI is InChI=1S/C21H20N4O2/c1-14-3-4-17(10-24-14)21(26)25-11-18-7-16(19-8-22-13-23-9-19)5-6-20(18)27-12-15(25)2/h3-10,13,15H,11-12H2,1-2H3/t15-/m0/s1. The Morgan fingerprint density at radius 1 is 1.11 bits per heavy atom. The number of fused-ring (bicyclic) bond motifs is 1. The molecular formula is C21H20N4O2. The fourth-order valence-corrected chi connectivity index (χ4v) is 3.14. The van der Waals surface area contributed by atoms with Gasteiger partial charge in [-0.2, -0.15) is 0 Å². The van der Waals surface area contributed by atoms with Gasteiger partial charge in [0.1, 0.15) is 18.7 Å². The quantitative estimate of drug-likeness (QED) is 0.702. The van der Waals surface area contributed by atoms with Crippen LogP contribution in [0.1, 0.15) is 28.5 Å². The van der Waals surface area contributed by atoms with Gasteiger partial charge in [-0.05, 0) is 43.7 Å². The van der Waals surface area contributed by atoms with E-state index in [2.05, 4.69) is 15.0 Å². The number of benzene rings is 1. The van der Waals surface area contributed by atoms with Crippen molar-refractivity contribution in [2.45, 2.75) is 26.4 Å². The Morgan fingerprint density at radius 3 is 2.67 bits per heavy atom. The number of carbonyl (C=O) groups is 1. The summed E-state index contributed by atoms with van der Waals surface area (Å²) < 4.78 is 5.95. The van der Waals surface area contributed by atoms with Gasteiger partial charge in [0.15, 0.2) is 0 Å². The Labute approximate surface area is 157 Å². The lowest BCUT2D eigenvalue weighted by Gasteiger charge is -2.26. The number of rotatable bonds is 2. The first-order valence-corrected chi connectivity index (χ1v) is 8.86. The minimum atomic E-state index is -0.0466. The van der Waals surface area contributed by atoms with Gasteiger partial charge >= 0.3 is 0 Å². The molecule has 0 aliphatic carbocycles. The number of amides is 1. The molecule has 6 heteroatoms. The Kier molecular flexibility index (Phi) is 4.54. The van der Waals surface area contributed by atoms with Crippen LogP contribution >= 0.6 is 0 Å². The van der Waals surface area contributed by atoms with Crippen molar-refractivity contribution in [1.82, 2.24) is 19.9 Å². The summed E-state index contributed by atoms with van der Waals surface area (Å²) in [6, 6.07) is 9.61. The number of pyridine rings is 1. The Bertz CT molecular complexity index is 958. The number of hydrogen-bond donors (Lipinski definition) is 0. The smallest absolute Gasteiger partial charge is 0.256 e. The molecule has 0 unspecified atom stereocenters. The van der Waals surface area contributed by atoms with E-state index in [0.29, 0.717) is 18.7 Å². The molecule has 0 saturated heterocycles. The molecule has 3 heterocycles. The van der Waals surface area contributed by atoms with Crippen LogP contribution < -0.4 is 4.74 Å². The van der Waals surface area contributed by atoms with Crippen LogP contribution in [0, 0.1) is 6.92 Å². The van der Waals surface area contributed by atoms with E-state index >= 15 is 0 Å². The van der Waals surface area contributed by atoms with Crippen LogP contribution in [0.4, 0.5) is 0 Å². The van der Waals surface area contributed by atoms with Gasteiger partial charge in [0.25, 0.3) is 5.91 Å². The molecule has 0 N–H and O–H groups in total. The molecule has 1 atom stereocenters. The molecule has 2 aromatic heterocycles. The highest BCUT2D eigenvalue weighted by atomic mass is 16.5. The fraction of sp³-hybridized carbons (Fsp3) is 0.238. The number of carbonyl (C=O) groups excluding carboxylic acids is 1. The van der Waals surface area contributed by atoms with Crippen molar-refractivity contribution >= 4 is 5.91 Å². The predicted molar refractivity (Wildman–Crippen MR) is 101 cm³/mol. The lowest BCUT2D eigenvalue weighted by Crippen LogP contribution is -2.39. The SMILES string of the molecule is Cc1ccc(C(=O)N2Cc3cc(-c4cncnc4)ccc3OC[C@@H]2C)cn1. The van der Waals surface area contributed by atoms with Gasteiger partial charge in [-0.15, -0.1) is 0 Å². The van der Waals surface area contributed by atoms with E-state index in [1.165, 1.54) is 6.33 Å². The van der Waals surface area contributed by atoms with Crippen molar-refractivity contribution in [3.63, 3.8) is 0 Å². The van der Waals surface area contributed by atoms with Crippen molar-refractivity contribution < 1.29 is 9.53 Å². The third-order valence-corrected chi connectivity index (χ3v) is 4.73. The summed E-state index contributed by atoms with van der Waals surface area (Å²) in [6.07, 6.45) is 6.69. The minimum Gasteiger partial charge on any atom is -0.491 e. The second kappa shape index (κ2) is 7.15. The number of nitrogens with zero attached hydrogens (tertiary/aromatic N) is 4. The van der Waals surface area contributed by atoms with E-state index in [9.17, 15) is 4.79 Å². The summed E-state index contributed by atoms with van der Waals surface area (Å²) in [5, 5.41) is 0. The summed E-state index contributed by atoms with van der Waals surface area (Å²) in [6.45, 7) is 4.83. The molecule has 0 saturated carbocycles. The molecule has 136 valence electrons. The zero-order valence-electron chi connectivity index (χ0n) is 15.3. The molecule has 1 amide bonds. The largest absolute Gasteiger partial charge is 0.491 e.